The largest absolute Gasteiger partial charge is 0.354 e. The van der Waals surface area contributed by atoms with Gasteiger partial charge in [0.05, 0.1) is 12.4 Å². The zero-order chi connectivity index (χ0) is 13.8. The van der Waals surface area contributed by atoms with Gasteiger partial charge in [-0.1, -0.05) is 0 Å². The van der Waals surface area contributed by atoms with Crippen molar-refractivity contribution in [1.82, 2.24) is 14.3 Å². The maximum atomic E-state index is 12.0. The molecule has 0 saturated carbocycles. The van der Waals surface area contributed by atoms with Gasteiger partial charge >= 0.3 is 0 Å². The van der Waals surface area contributed by atoms with Gasteiger partial charge in [0.1, 0.15) is 0 Å². The van der Waals surface area contributed by atoms with Crippen molar-refractivity contribution in [2.24, 2.45) is 0 Å². The van der Waals surface area contributed by atoms with Gasteiger partial charge in [-0.05, 0) is 13.8 Å². The molecule has 104 valence electrons. The summed E-state index contributed by atoms with van der Waals surface area (Å²) in [6.07, 6.45) is 2.31. The summed E-state index contributed by atoms with van der Waals surface area (Å²) in [6, 6.07) is -0.517. The Labute approximate surface area is 107 Å². The molecule has 0 saturated heterocycles. The Morgan fingerprint density at radius 2 is 2.06 bits per heavy atom. The minimum absolute atomic E-state index is 0.0119. The minimum Gasteiger partial charge on any atom is -0.354 e. The second-order valence-electron chi connectivity index (χ2n) is 3.79. The number of rotatable bonds is 7. The van der Waals surface area contributed by atoms with Gasteiger partial charge in [0, 0.05) is 27.0 Å². The summed E-state index contributed by atoms with van der Waals surface area (Å²) in [5.74, 6) is 0. The fourth-order valence-electron chi connectivity index (χ4n) is 1.52. The molecule has 0 aliphatic heterocycles. The maximum Gasteiger partial charge on any atom is 0.259 e. The van der Waals surface area contributed by atoms with Gasteiger partial charge in [-0.3, -0.25) is 0 Å². The molecule has 18 heavy (non-hydrogen) atoms. The minimum atomic E-state index is -3.66. The predicted molar refractivity (Wildman–Crippen MR) is 65.5 cm³/mol. The Balaban J connectivity index is 2.81. The van der Waals surface area contributed by atoms with Gasteiger partial charge in [0.15, 0.2) is 11.3 Å². The van der Waals surface area contributed by atoms with Crippen LogP contribution >= 0.6 is 0 Å². The lowest BCUT2D eigenvalue weighted by Crippen LogP contribution is -2.42. The zero-order valence-corrected chi connectivity index (χ0v) is 11.8. The Hall–Kier alpha value is -0.960. The first-order valence-electron chi connectivity index (χ1n) is 5.54. The van der Waals surface area contributed by atoms with Crippen LogP contribution in [-0.4, -0.2) is 44.5 Å². The van der Waals surface area contributed by atoms with E-state index in [1.54, 1.807) is 11.5 Å². The SMILES string of the molecule is CCn1cnc(S(=O)(=O)NC(C)C(OC)OC)c1. The van der Waals surface area contributed by atoms with Crippen molar-refractivity contribution >= 4 is 10.0 Å². The molecule has 1 unspecified atom stereocenters. The van der Waals surface area contributed by atoms with E-state index >= 15 is 0 Å². The topological polar surface area (TPSA) is 82.5 Å². The highest BCUT2D eigenvalue weighted by molar-refractivity contribution is 7.89. The van der Waals surface area contributed by atoms with Crippen LogP contribution in [0, 0.1) is 0 Å². The average Bonchev–Trinajstić information content (AvgIpc) is 2.79. The summed E-state index contributed by atoms with van der Waals surface area (Å²) in [7, 11) is -0.758. The molecule has 0 spiro atoms. The van der Waals surface area contributed by atoms with Gasteiger partial charge < -0.3 is 14.0 Å². The van der Waals surface area contributed by atoms with Crippen LogP contribution in [0.25, 0.3) is 0 Å². The molecule has 0 aliphatic carbocycles. The van der Waals surface area contributed by atoms with Crippen LogP contribution < -0.4 is 4.72 Å². The number of ether oxygens (including phenoxy) is 2. The van der Waals surface area contributed by atoms with Crippen LogP contribution in [0.2, 0.25) is 0 Å². The fraction of sp³-hybridized carbons (Fsp3) is 0.700. The number of nitrogens with one attached hydrogen (secondary N) is 1. The van der Waals surface area contributed by atoms with Crippen molar-refractivity contribution in [1.29, 1.82) is 0 Å². The fourth-order valence-corrected chi connectivity index (χ4v) is 2.70. The quantitative estimate of drug-likeness (QED) is 0.719. The Bertz CT molecular complexity index is 467. The van der Waals surface area contributed by atoms with E-state index in [0.29, 0.717) is 6.54 Å². The second kappa shape index (κ2) is 6.28. The lowest BCUT2D eigenvalue weighted by atomic mass is 10.3. The molecule has 1 N–H and O–H groups in total. The highest BCUT2D eigenvalue weighted by atomic mass is 32.2. The standard InChI is InChI=1S/C10H19N3O4S/c1-5-13-6-9(11-7-13)18(14,15)12-8(2)10(16-3)17-4/h6-8,10,12H,5H2,1-4H3. The normalized spacial score (nSPS) is 14.1. The van der Waals surface area contributed by atoms with E-state index in [4.69, 9.17) is 9.47 Å². The lowest BCUT2D eigenvalue weighted by molar-refractivity contribution is -0.115. The summed E-state index contributed by atoms with van der Waals surface area (Å²) in [5.41, 5.74) is 0. The molecule has 0 aliphatic rings. The van der Waals surface area contributed by atoms with Crippen LogP contribution in [0.1, 0.15) is 13.8 Å². The van der Waals surface area contributed by atoms with Crippen LogP contribution in [0.15, 0.2) is 17.6 Å². The number of aromatic nitrogens is 2. The third-order valence-corrected chi connectivity index (χ3v) is 3.91. The first-order valence-corrected chi connectivity index (χ1v) is 7.02. The average molecular weight is 277 g/mol. The summed E-state index contributed by atoms with van der Waals surface area (Å²) >= 11 is 0. The van der Waals surface area contributed by atoms with Gasteiger partial charge in [-0.25, -0.2) is 18.1 Å². The molecule has 0 amide bonds. The summed E-state index contributed by atoms with van der Waals surface area (Å²) in [5, 5.41) is -0.0119. The molecule has 0 bridgehead atoms. The molecule has 1 aromatic heterocycles. The van der Waals surface area contributed by atoms with E-state index in [-0.39, 0.29) is 5.03 Å². The van der Waals surface area contributed by atoms with E-state index in [9.17, 15) is 8.42 Å². The first-order chi connectivity index (χ1) is 8.44. The molecular weight excluding hydrogens is 258 g/mol. The van der Waals surface area contributed by atoms with E-state index in [1.165, 1.54) is 26.7 Å². The van der Waals surface area contributed by atoms with Crippen molar-refractivity contribution < 1.29 is 17.9 Å². The first kappa shape index (κ1) is 15.1. The number of hydrogen-bond donors (Lipinski definition) is 1. The molecule has 1 aromatic rings. The van der Waals surface area contributed by atoms with Crippen molar-refractivity contribution in [2.45, 2.75) is 37.8 Å². The Morgan fingerprint density at radius 3 is 2.50 bits per heavy atom. The number of methoxy groups -OCH3 is 2. The third kappa shape index (κ3) is 3.52. The van der Waals surface area contributed by atoms with E-state index in [1.807, 2.05) is 6.92 Å². The molecular formula is C10H19N3O4S. The smallest absolute Gasteiger partial charge is 0.259 e. The number of aryl methyl sites for hydroxylation is 1. The van der Waals surface area contributed by atoms with Crippen molar-refractivity contribution in [3.05, 3.63) is 12.5 Å². The van der Waals surface area contributed by atoms with Gasteiger partial charge in [-0.2, -0.15) is 0 Å². The van der Waals surface area contributed by atoms with E-state index < -0.39 is 22.4 Å². The predicted octanol–water partition coefficient (Wildman–Crippen LogP) is 0.189. The number of imidazole rings is 1. The monoisotopic (exact) mass is 277 g/mol. The molecule has 8 heteroatoms. The van der Waals surface area contributed by atoms with E-state index in [0.717, 1.165) is 0 Å². The highest BCUT2D eigenvalue weighted by Gasteiger charge is 2.25. The number of sulfonamides is 1. The molecule has 1 heterocycles. The van der Waals surface area contributed by atoms with Crippen LogP contribution in [0.5, 0.6) is 0 Å². The molecule has 0 radical (unpaired) electrons. The molecule has 1 atom stereocenters. The molecule has 7 nitrogen and oxygen atoms in total. The van der Waals surface area contributed by atoms with Crippen molar-refractivity contribution in [3.8, 4) is 0 Å². The van der Waals surface area contributed by atoms with Crippen molar-refractivity contribution in [2.75, 3.05) is 14.2 Å². The highest BCUT2D eigenvalue weighted by Crippen LogP contribution is 2.08. The summed E-state index contributed by atoms with van der Waals surface area (Å²) in [4.78, 5) is 3.85. The summed E-state index contributed by atoms with van der Waals surface area (Å²) in [6.45, 7) is 4.23. The lowest BCUT2D eigenvalue weighted by Gasteiger charge is -2.21. The van der Waals surface area contributed by atoms with Crippen LogP contribution in [0.3, 0.4) is 0 Å². The third-order valence-electron chi connectivity index (χ3n) is 2.46. The summed E-state index contributed by atoms with van der Waals surface area (Å²) < 4.78 is 38.2. The van der Waals surface area contributed by atoms with Crippen LogP contribution in [-0.2, 0) is 26.0 Å². The van der Waals surface area contributed by atoms with E-state index in [2.05, 4.69) is 9.71 Å². The van der Waals surface area contributed by atoms with Gasteiger partial charge in [0.25, 0.3) is 10.0 Å². The molecule has 0 aromatic carbocycles. The Morgan fingerprint density at radius 1 is 1.44 bits per heavy atom. The Kier molecular flexibility index (Phi) is 5.27. The van der Waals surface area contributed by atoms with Crippen molar-refractivity contribution in [3.63, 3.8) is 0 Å². The molecule has 1 rings (SSSR count). The zero-order valence-electron chi connectivity index (χ0n) is 11.0. The number of hydrogen-bond acceptors (Lipinski definition) is 5. The molecule has 0 fully saturated rings. The maximum absolute atomic E-state index is 12.0. The van der Waals surface area contributed by atoms with Gasteiger partial charge in [0.2, 0.25) is 0 Å². The van der Waals surface area contributed by atoms with Gasteiger partial charge in [-0.15, -0.1) is 0 Å². The second-order valence-corrected chi connectivity index (χ2v) is 5.45. The van der Waals surface area contributed by atoms with Crippen LogP contribution in [0.4, 0.5) is 0 Å². The number of nitrogens with zero attached hydrogens (tertiary/aromatic N) is 2.